The third-order valence-corrected chi connectivity index (χ3v) is 0.983. The van der Waals surface area contributed by atoms with E-state index in [1.54, 1.807) is 0 Å². The van der Waals surface area contributed by atoms with Crippen LogP contribution in [0.15, 0.2) is 10.7 Å². The lowest BCUT2D eigenvalue weighted by Crippen LogP contribution is -1.91. The molecule has 4 heteroatoms. The van der Waals surface area contributed by atoms with E-state index >= 15 is 0 Å². The van der Waals surface area contributed by atoms with Crippen LogP contribution in [0.4, 0.5) is 0 Å². The van der Waals surface area contributed by atoms with Gasteiger partial charge in [-0.3, -0.25) is 9.59 Å². The molecule has 4 nitrogen and oxygen atoms in total. The van der Waals surface area contributed by atoms with Crippen LogP contribution in [-0.4, -0.2) is 17.1 Å². The Morgan fingerprint density at radius 1 is 1.80 bits per heavy atom. The maximum atomic E-state index is 10.5. The highest BCUT2D eigenvalue weighted by atomic mass is 16.3. The number of nitrogens with zero attached hydrogens (tertiary/aromatic N) is 1. The third-order valence-electron chi connectivity index (χ3n) is 0.983. The molecular formula is C6H5NO3. The maximum Gasteiger partial charge on any atom is 0.260 e. The Bertz CT molecular complexity index is 264. The second kappa shape index (κ2) is 2.43. The first-order valence-corrected chi connectivity index (χ1v) is 2.65. The van der Waals surface area contributed by atoms with Crippen LogP contribution >= 0.6 is 0 Å². The molecule has 1 rings (SSSR count). The van der Waals surface area contributed by atoms with E-state index in [1.807, 2.05) is 0 Å². The van der Waals surface area contributed by atoms with E-state index in [0.29, 0.717) is 6.29 Å². The Kier molecular flexibility index (Phi) is 1.62. The topological polar surface area (TPSA) is 60.2 Å². The zero-order valence-corrected chi connectivity index (χ0v) is 5.33. The zero-order valence-electron chi connectivity index (χ0n) is 5.33. The van der Waals surface area contributed by atoms with Crippen molar-refractivity contribution >= 4 is 12.1 Å². The van der Waals surface area contributed by atoms with Crippen molar-refractivity contribution in [3.8, 4) is 0 Å². The molecule has 0 aliphatic rings. The number of aldehydes is 1. The van der Waals surface area contributed by atoms with E-state index in [-0.39, 0.29) is 17.4 Å². The van der Waals surface area contributed by atoms with E-state index in [2.05, 4.69) is 9.40 Å². The fraction of sp³-hybridized carbons (Fsp3) is 0.167. The van der Waals surface area contributed by atoms with Gasteiger partial charge in [-0.05, 0) is 0 Å². The van der Waals surface area contributed by atoms with Crippen molar-refractivity contribution in [1.82, 2.24) is 4.98 Å². The minimum atomic E-state index is -0.211. The molecule has 0 fully saturated rings. The molecule has 1 heterocycles. The van der Waals surface area contributed by atoms with Crippen molar-refractivity contribution in [2.45, 2.75) is 6.92 Å². The summed E-state index contributed by atoms with van der Waals surface area (Å²) in [6.45, 7) is 1.35. The summed E-state index contributed by atoms with van der Waals surface area (Å²) in [6, 6.07) is 0. The summed E-state index contributed by atoms with van der Waals surface area (Å²) < 4.78 is 4.58. The molecule has 0 aliphatic carbocycles. The first-order chi connectivity index (χ1) is 4.74. The number of hydrogen-bond donors (Lipinski definition) is 0. The van der Waals surface area contributed by atoms with Crippen molar-refractivity contribution in [2.24, 2.45) is 0 Å². The molecule has 1 aromatic heterocycles. The average Bonchev–Trinajstić information content (AvgIpc) is 2.34. The van der Waals surface area contributed by atoms with Gasteiger partial charge in [-0.25, -0.2) is 4.98 Å². The lowest BCUT2D eigenvalue weighted by atomic mass is 10.3. The molecule has 0 aromatic carbocycles. The molecule has 0 spiro atoms. The molecule has 0 amide bonds. The van der Waals surface area contributed by atoms with Crippen LogP contribution in [0.3, 0.4) is 0 Å². The highest BCUT2D eigenvalue weighted by molar-refractivity contribution is 5.92. The highest BCUT2D eigenvalue weighted by Gasteiger charge is 2.05. The number of ketones is 1. The minimum Gasteiger partial charge on any atom is -0.442 e. The highest BCUT2D eigenvalue weighted by Crippen LogP contribution is 1.99. The molecule has 0 unspecified atom stereocenters. The zero-order chi connectivity index (χ0) is 7.56. The Balaban J connectivity index is 2.98. The van der Waals surface area contributed by atoms with Crippen molar-refractivity contribution in [2.75, 3.05) is 0 Å². The first kappa shape index (κ1) is 6.67. The van der Waals surface area contributed by atoms with Crippen molar-refractivity contribution in [3.05, 3.63) is 17.8 Å². The third kappa shape index (κ3) is 1.10. The average molecular weight is 139 g/mol. The number of aromatic nitrogens is 1. The summed E-state index contributed by atoms with van der Waals surface area (Å²) in [5.41, 5.74) is 0.183. The van der Waals surface area contributed by atoms with Gasteiger partial charge in [0.1, 0.15) is 12.0 Å². The molecule has 0 saturated carbocycles. The SMILES string of the molecule is CC(=O)c1coc(C=O)n1. The van der Waals surface area contributed by atoms with Gasteiger partial charge in [-0.2, -0.15) is 0 Å². The van der Waals surface area contributed by atoms with Crippen LogP contribution in [0.2, 0.25) is 0 Å². The quantitative estimate of drug-likeness (QED) is 0.446. The Morgan fingerprint density at radius 2 is 2.50 bits per heavy atom. The second-order valence-electron chi connectivity index (χ2n) is 1.75. The number of hydrogen-bond acceptors (Lipinski definition) is 4. The van der Waals surface area contributed by atoms with Crippen LogP contribution in [0.1, 0.15) is 28.1 Å². The molecule has 0 N–H and O–H groups in total. The van der Waals surface area contributed by atoms with Gasteiger partial charge < -0.3 is 4.42 Å². The molecule has 0 saturated heterocycles. The van der Waals surface area contributed by atoms with Gasteiger partial charge >= 0.3 is 0 Å². The number of oxazole rings is 1. The van der Waals surface area contributed by atoms with E-state index < -0.39 is 0 Å². The fourth-order valence-electron chi connectivity index (χ4n) is 0.503. The summed E-state index contributed by atoms with van der Waals surface area (Å²) in [6.07, 6.45) is 1.61. The summed E-state index contributed by atoms with van der Waals surface area (Å²) >= 11 is 0. The first-order valence-electron chi connectivity index (χ1n) is 2.65. The van der Waals surface area contributed by atoms with Crippen LogP contribution in [0.5, 0.6) is 0 Å². The van der Waals surface area contributed by atoms with E-state index in [4.69, 9.17) is 0 Å². The number of rotatable bonds is 2. The molecule has 52 valence electrons. The number of carbonyl (C=O) groups is 2. The summed E-state index contributed by atoms with van der Waals surface area (Å²) in [4.78, 5) is 24.1. The Labute approximate surface area is 56.9 Å². The van der Waals surface area contributed by atoms with Gasteiger partial charge in [0, 0.05) is 6.92 Å². The van der Waals surface area contributed by atoms with Crippen LogP contribution in [-0.2, 0) is 0 Å². The van der Waals surface area contributed by atoms with Gasteiger partial charge in [0.25, 0.3) is 5.89 Å². The van der Waals surface area contributed by atoms with Crippen molar-refractivity contribution in [1.29, 1.82) is 0 Å². The van der Waals surface area contributed by atoms with Gasteiger partial charge in [-0.1, -0.05) is 0 Å². The number of Topliss-reactive ketones (excluding diaryl/α,β-unsaturated/α-hetero) is 1. The van der Waals surface area contributed by atoms with Crippen LogP contribution in [0, 0.1) is 0 Å². The lowest BCUT2D eigenvalue weighted by Gasteiger charge is -1.77. The van der Waals surface area contributed by atoms with Crippen LogP contribution < -0.4 is 0 Å². The number of carbonyl (C=O) groups excluding carboxylic acids is 2. The smallest absolute Gasteiger partial charge is 0.260 e. The van der Waals surface area contributed by atoms with E-state index in [0.717, 1.165) is 6.26 Å². The predicted octanol–water partition coefficient (Wildman–Crippen LogP) is 0.690. The lowest BCUT2D eigenvalue weighted by molar-refractivity contribution is 0.101. The van der Waals surface area contributed by atoms with Gasteiger partial charge in [0.15, 0.2) is 5.78 Å². The van der Waals surface area contributed by atoms with Crippen molar-refractivity contribution < 1.29 is 14.0 Å². The van der Waals surface area contributed by atoms with Gasteiger partial charge in [0.05, 0.1) is 0 Å². The fourth-order valence-corrected chi connectivity index (χ4v) is 0.503. The normalized spacial score (nSPS) is 9.30. The largest absolute Gasteiger partial charge is 0.442 e. The summed E-state index contributed by atoms with van der Waals surface area (Å²) in [5, 5.41) is 0. The Morgan fingerprint density at radius 3 is 2.80 bits per heavy atom. The second-order valence-corrected chi connectivity index (χ2v) is 1.75. The van der Waals surface area contributed by atoms with Crippen LogP contribution in [0.25, 0.3) is 0 Å². The van der Waals surface area contributed by atoms with Gasteiger partial charge in [0.2, 0.25) is 6.29 Å². The van der Waals surface area contributed by atoms with Crippen molar-refractivity contribution in [3.63, 3.8) is 0 Å². The van der Waals surface area contributed by atoms with E-state index in [1.165, 1.54) is 6.92 Å². The molecule has 0 bridgehead atoms. The summed E-state index contributed by atoms with van der Waals surface area (Å²) in [7, 11) is 0. The minimum absolute atomic E-state index is 0.0646. The van der Waals surface area contributed by atoms with Gasteiger partial charge in [-0.15, -0.1) is 0 Å². The molecule has 1 aromatic rings. The Hall–Kier alpha value is -1.45. The molecule has 0 aliphatic heterocycles. The monoisotopic (exact) mass is 139 g/mol. The molecule has 0 atom stereocenters. The van der Waals surface area contributed by atoms with E-state index in [9.17, 15) is 9.59 Å². The summed E-state index contributed by atoms with van der Waals surface area (Å²) in [5.74, 6) is -0.276. The molecule has 10 heavy (non-hydrogen) atoms. The maximum absolute atomic E-state index is 10.5. The molecular weight excluding hydrogens is 134 g/mol. The standard InChI is InChI=1S/C6H5NO3/c1-4(9)5-3-10-6(2-8)7-5/h2-3H,1H3. The predicted molar refractivity (Wildman–Crippen MR) is 31.9 cm³/mol. The molecule has 0 radical (unpaired) electrons.